The predicted octanol–water partition coefficient (Wildman–Crippen LogP) is 12.0. The minimum Gasteiger partial charge on any atom is -0.454 e. The Labute approximate surface area is 425 Å². The number of hydrogen-bond acceptors (Lipinski definition) is 10. The van der Waals surface area contributed by atoms with E-state index in [1.54, 1.807) is 6.08 Å². The Hall–Kier alpha value is -3.42. The number of nitrogens with one attached hydrogen (secondary N) is 1. The molecule has 1 aliphatic heterocycles. The molecule has 0 aromatic carbocycles. The van der Waals surface area contributed by atoms with Gasteiger partial charge in [-0.3, -0.25) is 9.59 Å². The van der Waals surface area contributed by atoms with E-state index in [9.17, 15) is 35.1 Å². The number of carbonyl (C=O) groups excluding carboxylic acids is 2. The van der Waals surface area contributed by atoms with Gasteiger partial charge in [0, 0.05) is 6.42 Å². The Morgan fingerprint density at radius 1 is 0.571 bits per heavy atom. The second kappa shape index (κ2) is 46.6. The molecule has 1 rings (SSSR count). The summed E-state index contributed by atoms with van der Waals surface area (Å²) in [6, 6.07) is -1.05. The first kappa shape index (κ1) is 64.6. The van der Waals surface area contributed by atoms with E-state index in [1.165, 1.54) is 64.2 Å². The molecule has 8 atom stereocenters. The highest BCUT2D eigenvalue weighted by molar-refractivity contribution is 5.80. The average molecular weight is 982 g/mol. The van der Waals surface area contributed by atoms with E-state index in [-0.39, 0.29) is 19.4 Å². The molecule has 11 heteroatoms. The molecular formula is C59H99NO10. The van der Waals surface area contributed by atoms with E-state index < -0.39 is 67.4 Å². The monoisotopic (exact) mass is 982 g/mol. The summed E-state index contributed by atoms with van der Waals surface area (Å²) in [5.41, 5.74) is 0. The van der Waals surface area contributed by atoms with E-state index in [0.29, 0.717) is 12.8 Å². The fourth-order valence-electron chi connectivity index (χ4n) is 7.95. The van der Waals surface area contributed by atoms with Crippen molar-refractivity contribution in [2.45, 2.75) is 250 Å². The average Bonchev–Trinajstić information content (AvgIpc) is 3.36. The number of aliphatic hydroxyl groups excluding tert-OH is 5. The second-order valence-electron chi connectivity index (χ2n) is 18.7. The van der Waals surface area contributed by atoms with Crippen LogP contribution in [0, 0.1) is 0 Å². The third-order valence-electron chi connectivity index (χ3n) is 12.4. The molecule has 0 saturated carbocycles. The summed E-state index contributed by atoms with van der Waals surface area (Å²) in [5.74, 6) is -1.26. The third-order valence-corrected chi connectivity index (χ3v) is 12.4. The number of hydrogen-bond donors (Lipinski definition) is 6. The van der Waals surface area contributed by atoms with Crippen molar-refractivity contribution in [2.75, 3.05) is 13.2 Å². The summed E-state index contributed by atoms with van der Waals surface area (Å²) in [5, 5.41) is 56.7. The SMILES string of the molecule is CC/C=C/C=C/C=C\C=C/C=C/CCCCC(O)C(=O)NC(COC1OC(CO)C(O)C(O)C1OC(=O)CCCCCCCC/C=C/C=C/CCCCC)C(O)/C=C/CCCCCCCCCCCC. The molecule has 1 heterocycles. The minimum absolute atomic E-state index is 0.0997. The number of aliphatic hydroxyl groups is 5. The van der Waals surface area contributed by atoms with Crippen LogP contribution >= 0.6 is 0 Å². The van der Waals surface area contributed by atoms with Crippen molar-refractivity contribution < 1.29 is 49.3 Å². The van der Waals surface area contributed by atoms with Gasteiger partial charge in [-0.25, -0.2) is 0 Å². The zero-order valence-electron chi connectivity index (χ0n) is 43.8. The Kier molecular flexibility index (Phi) is 43.0. The van der Waals surface area contributed by atoms with E-state index in [4.69, 9.17) is 14.2 Å². The predicted molar refractivity (Wildman–Crippen MR) is 287 cm³/mol. The van der Waals surface area contributed by atoms with Crippen LogP contribution in [0.2, 0.25) is 0 Å². The number of ether oxygens (including phenoxy) is 3. The van der Waals surface area contributed by atoms with Gasteiger partial charge in [-0.1, -0.05) is 221 Å². The molecule has 8 unspecified atom stereocenters. The van der Waals surface area contributed by atoms with E-state index in [1.807, 2.05) is 60.8 Å². The van der Waals surface area contributed by atoms with Gasteiger partial charge in [0.05, 0.1) is 25.4 Å². The highest BCUT2D eigenvalue weighted by atomic mass is 16.7. The van der Waals surface area contributed by atoms with Crippen molar-refractivity contribution in [1.82, 2.24) is 5.32 Å². The number of carbonyl (C=O) groups is 2. The van der Waals surface area contributed by atoms with Crippen LogP contribution < -0.4 is 5.32 Å². The van der Waals surface area contributed by atoms with Crippen LogP contribution in [0.4, 0.5) is 0 Å². The molecule has 0 radical (unpaired) electrons. The maximum Gasteiger partial charge on any atom is 0.306 e. The van der Waals surface area contributed by atoms with Gasteiger partial charge < -0.3 is 45.1 Å². The molecule has 0 aromatic heterocycles. The Bertz CT molecular complexity index is 1500. The van der Waals surface area contributed by atoms with Crippen molar-refractivity contribution in [3.05, 3.63) is 97.2 Å². The topological polar surface area (TPSA) is 175 Å². The van der Waals surface area contributed by atoms with Crippen molar-refractivity contribution in [2.24, 2.45) is 0 Å². The molecule has 70 heavy (non-hydrogen) atoms. The zero-order valence-corrected chi connectivity index (χ0v) is 43.8. The Morgan fingerprint density at radius 3 is 1.59 bits per heavy atom. The van der Waals surface area contributed by atoms with Crippen molar-refractivity contribution in [3.8, 4) is 0 Å². The normalized spacial score (nSPS) is 20.5. The van der Waals surface area contributed by atoms with Crippen LogP contribution in [-0.2, 0) is 23.8 Å². The molecule has 1 amide bonds. The highest BCUT2D eigenvalue weighted by Crippen LogP contribution is 2.26. The molecule has 0 bridgehead atoms. The first-order chi connectivity index (χ1) is 34.2. The van der Waals surface area contributed by atoms with E-state index in [0.717, 1.165) is 89.9 Å². The van der Waals surface area contributed by atoms with Gasteiger partial charge in [-0.15, -0.1) is 0 Å². The smallest absolute Gasteiger partial charge is 0.306 e. The van der Waals surface area contributed by atoms with Gasteiger partial charge in [0.15, 0.2) is 12.4 Å². The van der Waals surface area contributed by atoms with Crippen LogP contribution in [0.5, 0.6) is 0 Å². The lowest BCUT2D eigenvalue weighted by molar-refractivity contribution is -0.305. The van der Waals surface area contributed by atoms with Crippen LogP contribution in [0.15, 0.2) is 97.2 Å². The minimum atomic E-state index is -1.63. The second-order valence-corrected chi connectivity index (χ2v) is 18.7. The molecule has 400 valence electrons. The van der Waals surface area contributed by atoms with Crippen LogP contribution in [0.3, 0.4) is 0 Å². The van der Waals surface area contributed by atoms with Gasteiger partial charge in [0.25, 0.3) is 0 Å². The van der Waals surface area contributed by atoms with Gasteiger partial charge >= 0.3 is 5.97 Å². The number of esters is 1. The van der Waals surface area contributed by atoms with Crippen LogP contribution in [0.1, 0.15) is 201 Å². The Morgan fingerprint density at radius 2 is 1.03 bits per heavy atom. The number of amides is 1. The maximum absolute atomic E-state index is 13.3. The summed E-state index contributed by atoms with van der Waals surface area (Å²) in [7, 11) is 0. The third kappa shape index (κ3) is 34.8. The van der Waals surface area contributed by atoms with Crippen molar-refractivity contribution in [3.63, 3.8) is 0 Å². The molecule has 1 aliphatic rings. The summed E-state index contributed by atoms with van der Waals surface area (Å²) in [6.45, 7) is 5.54. The van der Waals surface area contributed by atoms with E-state index >= 15 is 0 Å². The number of rotatable bonds is 44. The number of unbranched alkanes of at least 4 members (excludes halogenated alkanes) is 21. The summed E-state index contributed by atoms with van der Waals surface area (Å²) in [6.07, 6.45) is 50.2. The van der Waals surface area contributed by atoms with Crippen LogP contribution in [0.25, 0.3) is 0 Å². The first-order valence-corrected chi connectivity index (χ1v) is 27.6. The quantitative estimate of drug-likeness (QED) is 0.0149. The Balaban J connectivity index is 2.81. The highest BCUT2D eigenvalue weighted by Gasteiger charge is 2.47. The van der Waals surface area contributed by atoms with Crippen molar-refractivity contribution in [1.29, 1.82) is 0 Å². The fraction of sp³-hybridized carbons (Fsp3) is 0.695. The molecule has 1 fully saturated rings. The lowest BCUT2D eigenvalue weighted by Crippen LogP contribution is -2.61. The van der Waals surface area contributed by atoms with E-state index in [2.05, 4.69) is 56.5 Å². The summed E-state index contributed by atoms with van der Waals surface area (Å²) < 4.78 is 17.5. The summed E-state index contributed by atoms with van der Waals surface area (Å²) in [4.78, 5) is 26.4. The zero-order chi connectivity index (χ0) is 51.1. The number of allylic oxidation sites excluding steroid dienone is 15. The van der Waals surface area contributed by atoms with Gasteiger partial charge in [-0.2, -0.15) is 0 Å². The maximum atomic E-state index is 13.3. The van der Waals surface area contributed by atoms with Crippen LogP contribution in [-0.4, -0.2) is 99.6 Å². The molecule has 0 aromatic rings. The molecule has 0 aliphatic carbocycles. The lowest BCUT2D eigenvalue weighted by Gasteiger charge is -2.41. The van der Waals surface area contributed by atoms with Crippen molar-refractivity contribution >= 4 is 11.9 Å². The standard InChI is InChI=1S/C59H99NO10/c1-4-7-10-13-16-19-22-25-27-29-32-35-38-41-44-47-54(64)70-57-56(66)55(65)53(48-61)69-59(57)68-49-50(51(62)45-42-39-36-33-30-24-21-18-15-12-9-6-3)60-58(67)52(63)46-43-40-37-34-31-28-26-23-20-17-14-11-8-5-2/h8,11,14,16-17,19-20,22-23,25-26,28,31,34,42,45,50-53,55-57,59,61-63,65-66H,4-7,9-10,12-13,15,18,21,24,27,29-30,32-33,35-41,43-44,46-49H2,1-3H3,(H,60,67)/b11-8+,17-14+,19-16+,23-20-,25-22+,28-26-,34-31+,45-42+. The molecule has 11 nitrogen and oxygen atoms in total. The largest absolute Gasteiger partial charge is 0.454 e. The van der Waals surface area contributed by atoms with Gasteiger partial charge in [-0.05, 0) is 70.6 Å². The first-order valence-electron chi connectivity index (χ1n) is 27.6. The molecule has 1 saturated heterocycles. The fourth-order valence-corrected chi connectivity index (χ4v) is 7.95. The summed E-state index contributed by atoms with van der Waals surface area (Å²) >= 11 is 0. The molecule has 6 N–H and O–H groups in total. The molecular weight excluding hydrogens is 883 g/mol. The molecule has 0 spiro atoms. The van der Waals surface area contributed by atoms with Gasteiger partial charge in [0.2, 0.25) is 5.91 Å². The van der Waals surface area contributed by atoms with Gasteiger partial charge in [0.1, 0.15) is 24.4 Å². The lowest BCUT2D eigenvalue weighted by atomic mass is 9.99.